The zero-order chi connectivity index (χ0) is 20.9. The largest absolute Gasteiger partial charge is 0.486 e. The second-order valence-corrected chi connectivity index (χ2v) is 8.50. The number of carbonyl (C=O) groups excluding carboxylic acids is 2. The Morgan fingerprint density at radius 2 is 1.83 bits per heavy atom. The lowest BCUT2D eigenvalue weighted by atomic mass is 9.95. The smallest absolute Gasteiger partial charge is 0.273 e. The average molecular weight is 399 g/mol. The molecule has 1 aromatic carbocycles. The Morgan fingerprint density at radius 1 is 1.14 bits per heavy atom. The molecule has 1 saturated carbocycles. The van der Waals surface area contributed by atoms with Crippen LogP contribution in [0.4, 0.5) is 5.69 Å². The van der Waals surface area contributed by atoms with E-state index in [9.17, 15) is 9.59 Å². The van der Waals surface area contributed by atoms with E-state index in [2.05, 4.69) is 15.8 Å². The van der Waals surface area contributed by atoms with Crippen LogP contribution in [0, 0.1) is 5.41 Å². The number of ether oxygens (including phenoxy) is 1. The number of rotatable bonds is 6. The molecule has 1 fully saturated rings. The molecule has 7 heteroatoms. The van der Waals surface area contributed by atoms with Crippen molar-refractivity contribution >= 4 is 17.5 Å². The van der Waals surface area contributed by atoms with Crippen LogP contribution in [0.25, 0.3) is 0 Å². The minimum atomic E-state index is -0.456. The first-order valence-electron chi connectivity index (χ1n) is 10.1. The number of carbonyl (C=O) groups is 2. The van der Waals surface area contributed by atoms with E-state index >= 15 is 0 Å². The summed E-state index contributed by atoms with van der Waals surface area (Å²) >= 11 is 0. The molecule has 0 unspecified atom stereocenters. The Kier molecular flexibility index (Phi) is 6.56. The molecule has 0 spiro atoms. The van der Waals surface area contributed by atoms with E-state index in [1.165, 1.54) is 6.42 Å². The molecule has 7 nitrogen and oxygen atoms in total. The number of aromatic nitrogens is 1. The molecule has 29 heavy (non-hydrogen) atoms. The minimum Gasteiger partial charge on any atom is -0.486 e. The third kappa shape index (κ3) is 6.07. The first kappa shape index (κ1) is 20.9. The van der Waals surface area contributed by atoms with Gasteiger partial charge in [0, 0.05) is 23.2 Å². The van der Waals surface area contributed by atoms with Crippen LogP contribution in [0.5, 0.6) is 5.75 Å². The van der Waals surface area contributed by atoms with Crippen LogP contribution in [0.15, 0.2) is 34.9 Å². The van der Waals surface area contributed by atoms with Crippen molar-refractivity contribution in [3.05, 3.63) is 41.8 Å². The Labute approximate surface area is 171 Å². The van der Waals surface area contributed by atoms with E-state index in [4.69, 9.17) is 9.26 Å². The number of nitrogens with zero attached hydrogens (tertiary/aromatic N) is 1. The highest BCUT2D eigenvalue weighted by Gasteiger charge is 2.21. The predicted octanol–water partition coefficient (Wildman–Crippen LogP) is 4.30. The van der Waals surface area contributed by atoms with Crippen molar-refractivity contribution in [1.82, 2.24) is 10.5 Å². The van der Waals surface area contributed by atoms with Crippen LogP contribution in [0.2, 0.25) is 0 Å². The van der Waals surface area contributed by atoms with Gasteiger partial charge in [0.05, 0.1) is 0 Å². The quantitative estimate of drug-likeness (QED) is 0.755. The summed E-state index contributed by atoms with van der Waals surface area (Å²) in [7, 11) is 0. The highest BCUT2D eigenvalue weighted by molar-refractivity contribution is 5.94. The number of hydrogen-bond donors (Lipinski definition) is 2. The Bertz CT molecular complexity index is 830. The van der Waals surface area contributed by atoms with Gasteiger partial charge in [0.15, 0.2) is 11.5 Å². The minimum absolute atomic E-state index is 0.0492. The van der Waals surface area contributed by atoms with Crippen LogP contribution >= 0.6 is 0 Å². The van der Waals surface area contributed by atoms with Crippen LogP contribution in [-0.2, 0) is 11.4 Å². The fraction of sp³-hybridized carbons (Fsp3) is 0.500. The summed E-state index contributed by atoms with van der Waals surface area (Å²) in [6.07, 6.45) is 5.59. The molecule has 1 heterocycles. The van der Waals surface area contributed by atoms with Crippen molar-refractivity contribution in [2.75, 3.05) is 5.32 Å². The standard InChI is InChI=1S/C22H29N3O4/c1-22(2,3)21(27)24-16-9-11-17(12-10-16)28-14-18-13-19(25-29-18)20(26)23-15-7-5-4-6-8-15/h9-13,15H,4-8,14H2,1-3H3,(H,23,26)(H,24,27). The number of anilines is 1. The van der Waals surface area contributed by atoms with Gasteiger partial charge in [0.25, 0.3) is 5.91 Å². The van der Waals surface area contributed by atoms with E-state index in [-0.39, 0.29) is 30.2 Å². The van der Waals surface area contributed by atoms with Crippen LogP contribution in [0.3, 0.4) is 0 Å². The molecule has 2 amide bonds. The maximum atomic E-state index is 12.3. The van der Waals surface area contributed by atoms with Crippen LogP contribution in [-0.4, -0.2) is 23.0 Å². The number of benzene rings is 1. The second kappa shape index (κ2) is 9.11. The molecule has 0 saturated heterocycles. The maximum Gasteiger partial charge on any atom is 0.273 e. The van der Waals surface area contributed by atoms with Gasteiger partial charge in [-0.2, -0.15) is 0 Å². The van der Waals surface area contributed by atoms with Crippen LogP contribution in [0.1, 0.15) is 69.1 Å². The van der Waals surface area contributed by atoms with Gasteiger partial charge in [-0.3, -0.25) is 9.59 Å². The second-order valence-electron chi connectivity index (χ2n) is 8.50. The summed E-state index contributed by atoms with van der Waals surface area (Å²) in [6.45, 7) is 5.75. The van der Waals surface area contributed by atoms with Gasteiger partial charge in [0.1, 0.15) is 12.4 Å². The molecule has 156 valence electrons. The van der Waals surface area contributed by atoms with Gasteiger partial charge in [-0.25, -0.2) is 0 Å². The average Bonchev–Trinajstić information content (AvgIpc) is 3.17. The van der Waals surface area contributed by atoms with Crippen molar-refractivity contribution in [2.45, 2.75) is 65.5 Å². The van der Waals surface area contributed by atoms with Gasteiger partial charge in [0.2, 0.25) is 5.91 Å². The van der Waals surface area contributed by atoms with Crippen LogP contribution < -0.4 is 15.4 Å². The van der Waals surface area contributed by atoms with Crippen molar-refractivity contribution < 1.29 is 18.8 Å². The molecule has 2 N–H and O–H groups in total. The van der Waals surface area contributed by atoms with Gasteiger partial charge < -0.3 is 19.9 Å². The molecule has 2 aromatic rings. The van der Waals surface area contributed by atoms with E-state index in [0.717, 1.165) is 25.7 Å². The topological polar surface area (TPSA) is 93.5 Å². The van der Waals surface area contributed by atoms with Crippen molar-refractivity contribution in [1.29, 1.82) is 0 Å². The summed E-state index contributed by atoms with van der Waals surface area (Å²) < 4.78 is 10.9. The summed E-state index contributed by atoms with van der Waals surface area (Å²) in [5, 5.41) is 9.73. The number of amides is 2. The normalized spacial score (nSPS) is 15.0. The molecule has 1 aliphatic rings. The summed E-state index contributed by atoms with van der Waals surface area (Å²) in [6, 6.07) is 8.93. The van der Waals surface area contributed by atoms with Gasteiger partial charge in [-0.1, -0.05) is 45.2 Å². The molecule has 1 aliphatic carbocycles. The Balaban J connectivity index is 1.49. The lowest BCUT2D eigenvalue weighted by molar-refractivity contribution is -0.123. The zero-order valence-corrected chi connectivity index (χ0v) is 17.3. The first-order valence-corrected chi connectivity index (χ1v) is 10.1. The molecular weight excluding hydrogens is 370 g/mol. The molecule has 0 aliphatic heterocycles. The van der Waals surface area contributed by atoms with Crippen molar-refractivity contribution in [3.63, 3.8) is 0 Å². The lowest BCUT2D eigenvalue weighted by Crippen LogP contribution is -2.36. The van der Waals surface area contributed by atoms with Crippen molar-refractivity contribution in [3.8, 4) is 5.75 Å². The summed E-state index contributed by atoms with van der Waals surface area (Å²) in [4.78, 5) is 24.3. The summed E-state index contributed by atoms with van der Waals surface area (Å²) in [5.41, 5.74) is 0.524. The van der Waals surface area contributed by atoms with E-state index in [1.807, 2.05) is 20.8 Å². The third-order valence-electron chi connectivity index (χ3n) is 4.91. The molecule has 1 aromatic heterocycles. The zero-order valence-electron chi connectivity index (χ0n) is 17.3. The lowest BCUT2D eigenvalue weighted by Gasteiger charge is -2.22. The monoisotopic (exact) mass is 399 g/mol. The molecule has 3 rings (SSSR count). The number of hydrogen-bond acceptors (Lipinski definition) is 5. The van der Waals surface area contributed by atoms with E-state index in [0.29, 0.717) is 17.2 Å². The third-order valence-corrected chi connectivity index (χ3v) is 4.91. The summed E-state index contributed by atoms with van der Waals surface area (Å²) in [5.74, 6) is 0.852. The highest BCUT2D eigenvalue weighted by Crippen LogP contribution is 2.21. The van der Waals surface area contributed by atoms with Gasteiger partial charge in [-0.15, -0.1) is 0 Å². The molecule has 0 radical (unpaired) electrons. The van der Waals surface area contributed by atoms with E-state index < -0.39 is 5.41 Å². The fourth-order valence-corrected chi connectivity index (χ4v) is 3.10. The van der Waals surface area contributed by atoms with Gasteiger partial charge >= 0.3 is 0 Å². The highest BCUT2D eigenvalue weighted by atomic mass is 16.5. The first-order chi connectivity index (χ1) is 13.8. The SMILES string of the molecule is CC(C)(C)C(=O)Nc1ccc(OCc2cc(C(=O)NC3CCCCC3)no2)cc1. The van der Waals surface area contributed by atoms with E-state index in [1.54, 1.807) is 30.3 Å². The Hall–Kier alpha value is -2.83. The molecular formula is C22H29N3O4. The predicted molar refractivity (Wildman–Crippen MR) is 110 cm³/mol. The van der Waals surface area contributed by atoms with Gasteiger partial charge in [-0.05, 0) is 37.1 Å². The van der Waals surface area contributed by atoms with Crippen molar-refractivity contribution in [2.24, 2.45) is 5.41 Å². The number of nitrogens with one attached hydrogen (secondary N) is 2. The molecule has 0 atom stereocenters. The Morgan fingerprint density at radius 3 is 2.48 bits per heavy atom. The molecule has 0 bridgehead atoms. The maximum absolute atomic E-state index is 12.3. The fourth-order valence-electron chi connectivity index (χ4n) is 3.10.